The van der Waals surface area contributed by atoms with Crippen LogP contribution in [0.15, 0.2) is 48.5 Å². The van der Waals surface area contributed by atoms with Crippen molar-refractivity contribution in [2.75, 3.05) is 6.61 Å². The van der Waals surface area contributed by atoms with Crippen LogP contribution < -0.4 is 9.47 Å². The zero-order valence-corrected chi connectivity index (χ0v) is 13.1. The van der Waals surface area contributed by atoms with Gasteiger partial charge >= 0.3 is 0 Å². The topological polar surface area (TPSA) is 35.5 Å². The zero-order valence-electron chi connectivity index (χ0n) is 13.1. The Hall–Kier alpha value is -2.29. The molecule has 22 heavy (non-hydrogen) atoms. The Bertz CT molecular complexity index is 573. The monoisotopic (exact) mass is 298 g/mol. The lowest BCUT2D eigenvalue weighted by Crippen LogP contribution is -2.09. The number of carbonyl (C=O) groups is 1. The van der Waals surface area contributed by atoms with Crippen LogP contribution in [0.1, 0.15) is 37.5 Å². The molecule has 0 aliphatic carbocycles. The summed E-state index contributed by atoms with van der Waals surface area (Å²) >= 11 is 0. The van der Waals surface area contributed by atoms with Crippen LogP contribution in [0.5, 0.6) is 11.5 Å². The van der Waals surface area contributed by atoms with E-state index < -0.39 is 6.10 Å². The summed E-state index contributed by atoms with van der Waals surface area (Å²) < 4.78 is 11.2. The summed E-state index contributed by atoms with van der Waals surface area (Å²) in [7, 11) is 0. The van der Waals surface area contributed by atoms with Crippen LogP contribution in [0, 0.1) is 0 Å². The first kappa shape index (κ1) is 16.1. The standard InChI is InChI=1S/C19H22O3/c1-3-5-15-6-10-18(11-7-15)22-19(14-20)16-8-12-17(13-9-16)21-4-2/h6-14,19H,3-5H2,1-2H3. The molecule has 0 aliphatic rings. The van der Waals surface area contributed by atoms with Crippen molar-refractivity contribution in [3.63, 3.8) is 0 Å². The van der Waals surface area contributed by atoms with Crippen molar-refractivity contribution in [3.8, 4) is 11.5 Å². The molecule has 116 valence electrons. The minimum atomic E-state index is -0.604. The van der Waals surface area contributed by atoms with Crippen molar-refractivity contribution in [2.45, 2.75) is 32.8 Å². The Morgan fingerprint density at radius 2 is 1.59 bits per heavy atom. The SMILES string of the molecule is CCCc1ccc(OC(C=O)c2ccc(OCC)cc2)cc1. The maximum absolute atomic E-state index is 11.3. The van der Waals surface area contributed by atoms with Gasteiger partial charge < -0.3 is 9.47 Å². The molecule has 2 aromatic carbocycles. The molecule has 0 heterocycles. The molecule has 0 aromatic heterocycles. The van der Waals surface area contributed by atoms with Gasteiger partial charge in [0.05, 0.1) is 6.61 Å². The van der Waals surface area contributed by atoms with Crippen molar-refractivity contribution in [3.05, 3.63) is 59.7 Å². The van der Waals surface area contributed by atoms with E-state index in [1.165, 1.54) is 5.56 Å². The van der Waals surface area contributed by atoms with Gasteiger partial charge in [0.2, 0.25) is 0 Å². The summed E-state index contributed by atoms with van der Waals surface area (Å²) in [4.78, 5) is 11.3. The minimum absolute atomic E-state index is 0.604. The molecule has 2 rings (SSSR count). The average molecular weight is 298 g/mol. The highest BCUT2D eigenvalue weighted by Crippen LogP contribution is 2.23. The van der Waals surface area contributed by atoms with E-state index >= 15 is 0 Å². The van der Waals surface area contributed by atoms with Crippen molar-refractivity contribution in [2.24, 2.45) is 0 Å². The molecule has 0 aliphatic heterocycles. The molecule has 1 unspecified atom stereocenters. The number of hydrogen-bond acceptors (Lipinski definition) is 3. The Morgan fingerprint density at radius 3 is 2.14 bits per heavy atom. The molecule has 0 bridgehead atoms. The molecule has 3 heteroatoms. The van der Waals surface area contributed by atoms with Crippen molar-refractivity contribution < 1.29 is 14.3 Å². The highest BCUT2D eigenvalue weighted by molar-refractivity contribution is 5.61. The summed E-state index contributed by atoms with van der Waals surface area (Å²) in [6.45, 7) is 4.71. The minimum Gasteiger partial charge on any atom is -0.494 e. The van der Waals surface area contributed by atoms with Gasteiger partial charge in [-0.1, -0.05) is 37.6 Å². The summed E-state index contributed by atoms with van der Waals surface area (Å²) in [5, 5.41) is 0. The average Bonchev–Trinajstić information content (AvgIpc) is 2.56. The molecule has 0 spiro atoms. The lowest BCUT2D eigenvalue weighted by Gasteiger charge is -2.15. The lowest BCUT2D eigenvalue weighted by atomic mass is 10.1. The fourth-order valence-corrected chi connectivity index (χ4v) is 2.26. The Morgan fingerprint density at radius 1 is 0.955 bits per heavy atom. The van der Waals surface area contributed by atoms with E-state index in [0.717, 1.165) is 30.4 Å². The van der Waals surface area contributed by atoms with Gasteiger partial charge in [0, 0.05) is 0 Å². The molecular formula is C19H22O3. The molecule has 0 radical (unpaired) electrons. The molecule has 0 amide bonds. The fourth-order valence-electron chi connectivity index (χ4n) is 2.26. The third kappa shape index (κ3) is 4.35. The summed E-state index contributed by atoms with van der Waals surface area (Å²) in [6, 6.07) is 15.3. The van der Waals surface area contributed by atoms with E-state index in [9.17, 15) is 4.79 Å². The number of carbonyl (C=O) groups excluding carboxylic acids is 1. The van der Waals surface area contributed by atoms with Crippen molar-refractivity contribution in [1.29, 1.82) is 0 Å². The van der Waals surface area contributed by atoms with Crippen LogP contribution in [0.4, 0.5) is 0 Å². The van der Waals surface area contributed by atoms with Crippen LogP contribution in [-0.4, -0.2) is 12.9 Å². The van der Waals surface area contributed by atoms with Crippen LogP contribution >= 0.6 is 0 Å². The van der Waals surface area contributed by atoms with E-state index in [0.29, 0.717) is 12.4 Å². The molecule has 3 nitrogen and oxygen atoms in total. The van der Waals surface area contributed by atoms with Gasteiger partial charge in [0.25, 0.3) is 0 Å². The molecule has 0 N–H and O–H groups in total. The van der Waals surface area contributed by atoms with Gasteiger partial charge in [-0.15, -0.1) is 0 Å². The van der Waals surface area contributed by atoms with E-state index in [1.807, 2.05) is 55.5 Å². The second-order valence-electron chi connectivity index (χ2n) is 5.07. The second-order valence-corrected chi connectivity index (χ2v) is 5.07. The van der Waals surface area contributed by atoms with Crippen molar-refractivity contribution in [1.82, 2.24) is 0 Å². The maximum Gasteiger partial charge on any atom is 0.179 e. The zero-order chi connectivity index (χ0) is 15.8. The van der Waals surface area contributed by atoms with Crippen molar-refractivity contribution >= 4 is 6.29 Å². The molecule has 0 saturated carbocycles. The van der Waals surface area contributed by atoms with Crippen LogP contribution in [0.2, 0.25) is 0 Å². The molecule has 0 saturated heterocycles. The Labute approximate surface area is 131 Å². The number of aryl methyl sites for hydroxylation is 1. The highest BCUT2D eigenvalue weighted by atomic mass is 16.5. The normalized spacial score (nSPS) is 11.7. The van der Waals surface area contributed by atoms with E-state index in [1.54, 1.807) is 0 Å². The number of benzene rings is 2. The predicted molar refractivity (Wildman–Crippen MR) is 87.5 cm³/mol. The van der Waals surface area contributed by atoms with E-state index in [4.69, 9.17) is 9.47 Å². The summed E-state index contributed by atoms with van der Waals surface area (Å²) in [5.41, 5.74) is 2.09. The van der Waals surface area contributed by atoms with Gasteiger partial charge in [-0.2, -0.15) is 0 Å². The Balaban J connectivity index is 2.06. The van der Waals surface area contributed by atoms with Crippen LogP contribution in [0.3, 0.4) is 0 Å². The van der Waals surface area contributed by atoms with Gasteiger partial charge in [0.15, 0.2) is 12.4 Å². The van der Waals surface area contributed by atoms with Gasteiger partial charge in [0.1, 0.15) is 11.5 Å². The first-order valence-corrected chi connectivity index (χ1v) is 7.70. The van der Waals surface area contributed by atoms with E-state index in [2.05, 4.69) is 6.92 Å². The highest BCUT2D eigenvalue weighted by Gasteiger charge is 2.12. The molecule has 1 atom stereocenters. The maximum atomic E-state index is 11.3. The number of aldehydes is 1. The molecule has 0 fully saturated rings. The number of rotatable bonds is 8. The van der Waals surface area contributed by atoms with Crippen LogP contribution in [-0.2, 0) is 11.2 Å². The first-order chi connectivity index (χ1) is 10.8. The number of ether oxygens (including phenoxy) is 2. The van der Waals surface area contributed by atoms with Gasteiger partial charge in [-0.25, -0.2) is 0 Å². The van der Waals surface area contributed by atoms with Crippen LogP contribution in [0.25, 0.3) is 0 Å². The second kappa shape index (κ2) is 8.23. The molecular weight excluding hydrogens is 276 g/mol. The largest absolute Gasteiger partial charge is 0.494 e. The quantitative estimate of drug-likeness (QED) is 0.679. The van der Waals surface area contributed by atoms with E-state index in [-0.39, 0.29) is 0 Å². The summed E-state index contributed by atoms with van der Waals surface area (Å²) in [6.07, 6.45) is 2.38. The number of hydrogen-bond donors (Lipinski definition) is 0. The van der Waals surface area contributed by atoms with Gasteiger partial charge in [-0.05, 0) is 48.7 Å². The summed E-state index contributed by atoms with van der Waals surface area (Å²) in [5.74, 6) is 1.49. The Kier molecular flexibility index (Phi) is 6.01. The first-order valence-electron chi connectivity index (χ1n) is 7.70. The predicted octanol–water partition coefficient (Wildman–Crippen LogP) is 4.36. The smallest absolute Gasteiger partial charge is 0.179 e. The molecule has 2 aromatic rings. The van der Waals surface area contributed by atoms with Gasteiger partial charge in [-0.3, -0.25) is 4.79 Å². The fraction of sp³-hybridized carbons (Fsp3) is 0.316. The lowest BCUT2D eigenvalue weighted by molar-refractivity contribution is -0.113. The third-order valence-electron chi connectivity index (χ3n) is 3.37. The third-order valence-corrected chi connectivity index (χ3v) is 3.37.